The quantitative estimate of drug-likeness (QED) is 0.190. The summed E-state index contributed by atoms with van der Waals surface area (Å²) in [5.74, 6) is 0. The van der Waals surface area contributed by atoms with E-state index in [1.165, 1.54) is 0 Å². The van der Waals surface area contributed by atoms with E-state index in [9.17, 15) is 10.0 Å². The maximum Gasteiger partial charge on any atom is 0.182 e. The molecular formula is C22H31NO2Si. The Morgan fingerprint density at radius 3 is 1.85 bits per heavy atom. The summed E-state index contributed by atoms with van der Waals surface area (Å²) in [7, 11) is -2.05. The second-order valence-corrected chi connectivity index (χ2v) is 14.8. The standard InChI is InChI=1S/C22H31NO2Si/c1-21(2,3)23(25)14-18-16-12-10-9-11-13-17(16)19(15-24)20(18)26(7,8)22(4,5)6/h9-15H,1-8H3/b23-14-. The van der Waals surface area contributed by atoms with Gasteiger partial charge in [-0.3, -0.25) is 4.79 Å². The van der Waals surface area contributed by atoms with Crippen LogP contribution in [0.25, 0.3) is 11.1 Å². The van der Waals surface area contributed by atoms with Gasteiger partial charge in [0.05, 0.1) is 8.07 Å². The molecule has 2 aliphatic carbocycles. The van der Waals surface area contributed by atoms with Crippen LogP contribution >= 0.6 is 0 Å². The lowest BCUT2D eigenvalue weighted by atomic mass is 10.1. The fourth-order valence-electron chi connectivity index (χ4n) is 3.05. The number of rotatable bonds is 3. The Hall–Kier alpha value is -1.94. The summed E-state index contributed by atoms with van der Waals surface area (Å²) in [5, 5.41) is 13.9. The van der Waals surface area contributed by atoms with Gasteiger partial charge in [-0.25, -0.2) is 4.74 Å². The van der Waals surface area contributed by atoms with Crippen molar-refractivity contribution in [3.8, 4) is 11.1 Å². The third-order valence-electron chi connectivity index (χ3n) is 5.68. The van der Waals surface area contributed by atoms with Crippen LogP contribution < -0.4 is 5.19 Å². The van der Waals surface area contributed by atoms with Crippen molar-refractivity contribution in [2.75, 3.05) is 0 Å². The van der Waals surface area contributed by atoms with E-state index in [1.54, 1.807) is 6.21 Å². The predicted octanol–water partition coefficient (Wildman–Crippen LogP) is 5.05. The van der Waals surface area contributed by atoms with E-state index in [0.717, 1.165) is 38.5 Å². The maximum atomic E-state index is 12.8. The van der Waals surface area contributed by atoms with Gasteiger partial charge in [0.25, 0.3) is 0 Å². The molecule has 2 aliphatic rings. The number of carbonyl (C=O) groups excluding carboxylic acids is 1. The molecule has 0 saturated heterocycles. The molecule has 3 nitrogen and oxygen atoms in total. The van der Waals surface area contributed by atoms with Crippen LogP contribution in [0, 0.1) is 5.21 Å². The molecule has 0 aromatic heterocycles. The zero-order valence-corrected chi connectivity index (χ0v) is 18.3. The van der Waals surface area contributed by atoms with E-state index in [-0.39, 0.29) is 5.04 Å². The van der Waals surface area contributed by atoms with Crippen LogP contribution in [0.3, 0.4) is 0 Å². The summed E-state index contributed by atoms with van der Waals surface area (Å²) in [6.45, 7) is 17.0. The normalized spacial score (nSPS) is 13.9. The van der Waals surface area contributed by atoms with Gasteiger partial charge in [-0.2, -0.15) is 0 Å². The Bertz CT molecular complexity index is 823. The van der Waals surface area contributed by atoms with E-state index in [1.807, 2.05) is 51.1 Å². The van der Waals surface area contributed by atoms with E-state index in [0.29, 0.717) is 0 Å². The molecule has 0 radical (unpaired) electrons. The number of carbonyl (C=O) groups is 1. The van der Waals surface area contributed by atoms with Crippen LogP contribution in [-0.4, -0.2) is 30.9 Å². The fraction of sp³-hybridized carbons (Fsp3) is 0.455. The molecule has 0 aliphatic heterocycles. The van der Waals surface area contributed by atoms with Crippen molar-refractivity contribution >= 4 is 25.8 Å². The second-order valence-electron chi connectivity index (χ2n) is 9.56. The van der Waals surface area contributed by atoms with Gasteiger partial charge in [0, 0.05) is 31.9 Å². The molecule has 26 heavy (non-hydrogen) atoms. The minimum Gasteiger partial charge on any atom is -0.623 e. The van der Waals surface area contributed by atoms with Crippen molar-refractivity contribution in [2.24, 2.45) is 0 Å². The van der Waals surface area contributed by atoms with Crippen molar-refractivity contribution in [3.63, 3.8) is 0 Å². The lowest BCUT2D eigenvalue weighted by Gasteiger charge is -2.38. The average Bonchev–Trinajstić information content (AvgIpc) is 2.65. The summed E-state index contributed by atoms with van der Waals surface area (Å²) < 4.78 is 1.01. The molecule has 0 aromatic carbocycles. The van der Waals surface area contributed by atoms with Crippen LogP contribution in [0.4, 0.5) is 0 Å². The first kappa shape index (κ1) is 20.4. The third-order valence-corrected chi connectivity index (χ3v) is 11.2. The van der Waals surface area contributed by atoms with E-state index in [4.69, 9.17) is 0 Å². The summed E-state index contributed by atoms with van der Waals surface area (Å²) >= 11 is 0. The van der Waals surface area contributed by atoms with E-state index in [2.05, 4.69) is 33.9 Å². The third kappa shape index (κ3) is 3.47. The van der Waals surface area contributed by atoms with Gasteiger partial charge in [0.1, 0.15) is 0 Å². The van der Waals surface area contributed by atoms with Crippen LogP contribution in [-0.2, 0) is 0 Å². The molecule has 4 heteroatoms. The number of nitrogens with zero attached hydrogens (tertiary/aromatic N) is 1. The summed E-state index contributed by atoms with van der Waals surface area (Å²) in [5.41, 5.74) is 3.03. The molecule has 0 aromatic rings. The van der Waals surface area contributed by atoms with Crippen LogP contribution in [0.1, 0.15) is 57.5 Å². The summed E-state index contributed by atoms with van der Waals surface area (Å²) in [6.07, 6.45) is 2.67. The summed E-state index contributed by atoms with van der Waals surface area (Å²) in [6, 6.07) is 9.87. The molecule has 0 amide bonds. The Morgan fingerprint density at radius 1 is 0.923 bits per heavy atom. The highest BCUT2D eigenvalue weighted by Crippen LogP contribution is 2.40. The zero-order chi connectivity index (χ0) is 19.9. The van der Waals surface area contributed by atoms with Crippen molar-refractivity contribution in [1.82, 2.24) is 0 Å². The minimum absolute atomic E-state index is 0.0510. The highest BCUT2D eigenvalue weighted by atomic mass is 28.3. The predicted molar refractivity (Wildman–Crippen MR) is 114 cm³/mol. The number of hydrogen-bond acceptors (Lipinski definition) is 2. The Balaban J connectivity index is 3.00. The second kappa shape index (κ2) is 6.65. The van der Waals surface area contributed by atoms with Crippen molar-refractivity contribution in [1.29, 1.82) is 0 Å². The maximum absolute atomic E-state index is 12.8. The number of hydrogen-bond donors (Lipinski definition) is 0. The molecule has 2 rings (SSSR count). The monoisotopic (exact) mass is 369 g/mol. The molecular weight excluding hydrogens is 338 g/mol. The van der Waals surface area contributed by atoms with E-state index < -0.39 is 13.6 Å². The van der Waals surface area contributed by atoms with Gasteiger partial charge in [-0.1, -0.05) is 64.2 Å². The lowest BCUT2D eigenvalue weighted by molar-refractivity contribution is -0.530. The Kier molecular flexibility index (Phi) is 5.21. The Labute approximate surface area is 158 Å². The number of hydroxylamine groups is 1. The molecule has 0 saturated carbocycles. The van der Waals surface area contributed by atoms with Gasteiger partial charge in [0.15, 0.2) is 18.0 Å². The zero-order valence-electron chi connectivity index (χ0n) is 17.3. The molecule has 0 N–H and O–H groups in total. The SMILES string of the molecule is CC(C)(C)/[N+]([O-])=C/c1c2cccccc-2c(C=O)c1[Si](C)(C)C(C)(C)C. The van der Waals surface area contributed by atoms with Crippen molar-refractivity contribution in [2.45, 2.75) is 65.2 Å². The fourth-order valence-corrected chi connectivity index (χ4v) is 5.54. The summed E-state index contributed by atoms with van der Waals surface area (Å²) in [4.78, 5) is 12.1. The van der Waals surface area contributed by atoms with E-state index >= 15 is 0 Å². The molecule has 0 spiro atoms. The van der Waals surface area contributed by atoms with Crippen LogP contribution in [0.2, 0.25) is 18.1 Å². The highest BCUT2D eigenvalue weighted by molar-refractivity contribution is 6.93. The average molecular weight is 370 g/mol. The molecule has 0 fully saturated rings. The first-order chi connectivity index (χ1) is 11.8. The lowest BCUT2D eigenvalue weighted by Crippen LogP contribution is -2.52. The highest BCUT2D eigenvalue weighted by Gasteiger charge is 2.43. The van der Waals surface area contributed by atoms with Crippen molar-refractivity contribution < 1.29 is 9.53 Å². The van der Waals surface area contributed by atoms with Crippen molar-refractivity contribution in [3.05, 3.63) is 46.7 Å². The van der Waals surface area contributed by atoms with Gasteiger partial charge in [-0.15, -0.1) is 0 Å². The largest absolute Gasteiger partial charge is 0.623 e. The van der Waals surface area contributed by atoms with Crippen LogP contribution in [0.15, 0.2) is 30.3 Å². The number of fused-ring (bicyclic) bond motifs is 1. The van der Waals surface area contributed by atoms with Gasteiger partial charge in [-0.05, 0) is 21.4 Å². The van der Waals surface area contributed by atoms with Crippen LogP contribution in [0.5, 0.6) is 0 Å². The number of aldehydes is 1. The molecule has 0 atom stereocenters. The van der Waals surface area contributed by atoms with Gasteiger partial charge in [0.2, 0.25) is 0 Å². The first-order valence-electron chi connectivity index (χ1n) is 9.14. The minimum atomic E-state index is -2.05. The molecule has 0 heterocycles. The van der Waals surface area contributed by atoms with Gasteiger partial charge < -0.3 is 5.21 Å². The topological polar surface area (TPSA) is 43.1 Å². The molecule has 0 unspecified atom stereocenters. The Morgan fingerprint density at radius 2 is 1.42 bits per heavy atom. The smallest absolute Gasteiger partial charge is 0.182 e. The molecule has 0 bridgehead atoms. The van der Waals surface area contributed by atoms with Gasteiger partial charge >= 0.3 is 0 Å². The first-order valence-corrected chi connectivity index (χ1v) is 12.1. The molecule has 140 valence electrons.